The number of imide groups is 1. The van der Waals surface area contributed by atoms with Gasteiger partial charge in [0, 0.05) is 18.5 Å². The molecule has 2 rings (SSSR count). The number of ether oxygens (including phenoxy) is 1. The molecule has 142 valence electrons. The molecule has 1 aliphatic heterocycles. The molecule has 0 radical (unpaired) electrons. The van der Waals surface area contributed by atoms with Gasteiger partial charge in [-0.3, -0.25) is 14.9 Å². The number of sulfone groups is 1. The Bertz CT molecular complexity index is 763. The Labute approximate surface area is 152 Å². The van der Waals surface area contributed by atoms with E-state index in [0.29, 0.717) is 18.5 Å². The van der Waals surface area contributed by atoms with E-state index in [9.17, 15) is 22.8 Å². The number of nitrogens with one attached hydrogen (secondary N) is 2. The lowest BCUT2D eigenvalue weighted by Gasteiger charge is -2.18. The number of carbonyl (C=O) groups is 3. The van der Waals surface area contributed by atoms with Crippen LogP contribution >= 0.6 is 0 Å². The van der Waals surface area contributed by atoms with Gasteiger partial charge in [-0.15, -0.1) is 0 Å². The normalized spacial score (nSPS) is 19.3. The molecule has 1 aromatic rings. The molecule has 9 heteroatoms. The first-order chi connectivity index (χ1) is 12.3. The third-order valence-corrected chi connectivity index (χ3v) is 5.78. The van der Waals surface area contributed by atoms with Crippen LogP contribution in [0.15, 0.2) is 30.3 Å². The molecule has 0 saturated carbocycles. The number of carbonyl (C=O) groups excluding carboxylic acids is 3. The summed E-state index contributed by atoms with van der Waals surface area (Å²) in [7, 11) is -3.10. The largest absolute Gasteiger partial charge is 0.447 e. The van der Waals surface area contributed by atoms with Gasteiger partial charge >= 0.3 is 12.0 Å². The number of esters is 1. The molecule has 1 fully saturated rings. The van der Waals surface area contributed by atoms with Crippen LogP contribution in [0.2, 0.25) is 0 Å². The fourth-order valence-electron chi connectivity index (χ4n) is 2.73. The summed E-state index contributed by atoms with van der Waals surface area (Å²) < 4.78 is 28.3. The summed E-state index contributed by atoms with van der Waals surface area (Å²) in [6.45, 7) is 2.04. The van der Waals surface area contributed by atoms with Crippen LogP contribution in [-0.4, -0.2) is 44.4 Å². The summed E-state index contributed by atoms with van der Waals surface area (Å²) in [5.41, 5.74) is 0.418. The maximum atomic E-state index is 12.4. The number of urea groups is 1. The Hall–Kier alpha value is -2.42. The first-order valence-electron chi connectivity index (χ1n) is 8.34. The van der Waals surface area contributed by atoms with E-state index < -0.39 is 33.8 Å². The molecular weight excluding hydrogens is 360 g/mol. The van der Waals surface area contributed by atoms with Crippen LogP contribution in [0, 0.1) is 5.92 Å². The second-order valence-electron chi connectivity index (χ2n) is 6.10. The third kappa shape index (κ3) is 5.83. The average molecular weight is 382 g/mol. The second-order valence-corrected chi connectivity index (χ2v) is 8.33. The molecule has 26 heavy (non-hydrogen) atoms. The molecule has 0 unspecified atom stereocenters. The van der Waals surface area contributed by atoms with E-state index in [1.165, 1.54) is 0 Å². The molecule has 1 aliphatic rings. The first kappa shape index (κ1) is 19.9. The smallest absolute Gasteiger partial charge is 0.321 e. The minimum atomic E-state index is -3.10. The van der Waals surface area contributed by atoms with Gasteiger partial charge in [0.15, 0.2) is 9.84 Å². The maximum Gasteiger partial charge on any atom is 0.321 e. The quantitative estimate of drug-likeness (QED) is 0.707. The molecule has 3 amide bonds. The van der Waals surface area contributed by atoms with Gasteiger partial charge in [-0.05, 0) is 19.3 Å². The third-order valence-electron chi connectivity index (χ3n) is 3.95. The zero-order valence-corrected chi connectivity index (χ0v) is 15.3. The van der Waals surface area contributed by atoms with Gasteiger partial charge in [0.05, 0.1) is 11.5 Å². The molecule has 1 heterocycles. The van der Waals surface area contributed by atoms with Crippen LogP contribution in [0.1, 0.15) is 31.4 Å². The monoisotopic (exact) mass is 382 g/mol. The summed E-state index contributed by atoms with van der Waals surface area (Å²) in [6.07, 6.45) is -0.973. The lowest BCUT2D eigenvalue weighted by Crippen LogP contribution is -2.42. The zero-order chi connectivity index (χ0) is 19.2. The van der Waals surface area contributed by atoms with Gasteiger partial charge in [0.2, 0.25) is 6.10 Å². The number of amides is 3. The molecule has 8 nitrogen and oxygen atoms in total. The van der Waals surface area contributed by atoms with Crippen molar-refractivity contribution in [2.45, 2.75) is 25.9 Å². The highest BCUT2D eigenvalue weighted by Crippen LogP contribution is 2.24. The van der Waals surface area contributed by atoms with Gasteiger partial charge in [0.1, 0.15) is 0 Å². The van der Waals surface area contributed by atoms with Gasteiger partial charge in [0.25, 0.3) is 5.91 Å². The molecule has 0 aromatic heterocycles. The highest BCUT2D eigenvalue weighted by molar-refractivity contribution is 7.91. The van der Waals surface area contributed by atoms with E-state index in [2.05, 4.69) is 10.6 Å². The second kappa shape index (κ2) is 8.79. The van der Waals surface area contributed by atoms with Crippen LogP contribution in [0.5, 0.6) is 0 Å². The van der Waals surface area contributed by atoms with Gasteiger partial charge in [-0.25, -0.2) is 13.2 Å². The van der Waals surface area contributed by atoms with Gasteiger partial charge < -0.3 is 10.1 Å². The lowest BCUT2D eigenvalue weighted by atomic mass is 10.1. The van der Waals surface area contributed by atoms with Crippen molar-refractivity contribution in [3.05, 3.63) is 35.9 Å². The van der Waals surface area contributed by atoms with Crippen LogP contribution in [0.25, 0.3) is 0 Å². The van der Waals surface area contributed by atoms with Crippen molar-refractivity contribution in [1.29, 1.82) is 0 Å². The molecular formula is C17H22N2O6S. The lowest BCUT2D eigenvalue weighted by molar-refractivity contribution is -0.156. The summed E-state index contributed by atoms with van der Waals surface area (Å²) >= 11 is 0. The number of hydrogen-bond donors (Lipinski definition) is 2. The number of hydrogen-bond acceptors (Lipinski definition) is 6. The minimum absolute atomic E-state index is 0.0524. The van der Waals surface area contributed by atoms with E-state index in [-0.39, 0.29) is 23.8 Å². The highest BCUT2D eigenvalue weighted by atomic mass is 32.2. The van der Waals surface area contributed by atoms with Crippen molar-refractivity contribution in [2.24, 2.45) is 5.92 Å². The van der Waals surface area contributed by atoms with Crippen LogP contribution in [0.3, 0.4) is 0 Å². The van der Waals surface area contributed by atoms with Crippen molar-refractivity contribution in [2.75, 3.05) is 18.1 Å². The fourth-order valence-corrected chi connectivity index (χ4v) is 4.59. The highest BCUT2D eigenvalue weighted by Gasteiger charge is 2.32. The van der Waals surface area contributed by atoms with Crippen LogP contribution < -0.4 is 10.6 Å². The van der Waals surface area contributed by atoms with Crippen molar-refractivity contribution in [3.63, 3.8) is 0 Å². The van der Waals surface area contributed by atoms with E-state index in [1.54, 1.807) is 37.3 Å². The Morgan fingerprint density at radius 1 is 1.23 bits per heavy atom. The van der Waals surface area contributed by atoms with Crippen molar-refractivity contribution in [1.82, 2.24) is 10.6 Å². The summed E-state index contributed by atoms with van der Waals surface area (Å²) in [4.78, 5) is 36.1. The SMILES string of the molecule is CCNC(=O)NC(=O)[C@H](OC(=O)C[C@@H]1CCS(=O)(=O)C1)c1ccccc1. The van der Waals surface area contributed by atoms with Gasteiger partial charge in [-0.2, -0.15) is 0 Å². The molecule has 0 aliphatic carbocycles. The summed E-state index contributed by atoms with van der Waals surface area (Å²) in [6, 6.07) is 7.63. The average Bonchev–Trinajstić information content (AvgIpc) is 2.92. The summed E-state index contributed by atoms with van der Waals surface area (Å²) in [5.74, 6) is -1.74. The topological polar surface area (TPSA) is 119 Å². The molecule has 2 N–H and O–H groups in total. The number of benzene rings is 1. The van der Waals surface area contributed by atoms with E-state index in [1.807, 2.05) is 0 Å². The standard InChI is InChI=1S/C17H22N2O6S/c1-2-18-17(22)19-16(21)15(13-6-4-3-5-7-13)25-14(20)10-12-8-9-26(23,24)11-12/h3-7,12,15H,2,8-11H2,1H3,(H2,18,19,21,22)/t12-,15+/m0/s1. The molecule has 1 saturated heterocycles. The predicted octanol–water partition coefficient (Wildman–Crippen LogP) is 0.941. The van der Waals surface area contributed by atoms with Crippen LogP contribution in [-0.2, 0) is 24.2 Å². The number of rotatable bonds is 6. The molecule has 1 aromatic carbocycles. The van der Waals surface area contributed by atoms with E-state index in [0.717, 1.165) is 0 Å². The van der Waals surface area contributed by atoms with Crippen molar-refractivity contribution >= 4 is 27.7 Å². The minimum Gasteiger partial charge on any atom is -0.447 e. The Morgan fingerprint density at radius 3 is 2.50 bits per heavy atom. The Balaban J connectivity index is 2.05. The first-order valence-corrected chi connectivity index (χ1v) is 10.2. The fraction of sp³-hybridized carbons (Fsp3) is 0.471. The zero-order valence-electron chi connectivity index (χ0n) is 14.4. The van der Waals surface area contributed by atoms with Crippen molar-refractivity contribution in [3.8, 4) is 0 Å². The van der Waals surface area contributed by atoms with Crippen LogP contribution in [0.4, 0.5) is 4.79 Å². The molecule has 0 spiro atoms. The Kier molecular flexibility index (Phi) is 6.73. The molecule has 0 bridgehead atoms. The van der Waals surface area contributed by atoms with Gasteiger partial charge in [-0.1, -0.05) is 30.3 Å². The molecule has 2 atom stereocenters. The van der Waals surface area contributed by atoms with E-state index >= 15 is 0 Å². The Morgan fingerprint density at radius 2 is 1.92 bits per heavy atom. The maximum absolute atomic E-state index is 12.4. The van der Waals surface area contributed by atoms with Crippen molar-refractivity contribution < 1.29 is 27.5 Å². The predicted molar refractivity (Wildman–Crippen MR) is 93.9 cm³/mol. The summed E-state index contributed by atoms with van der Waals surface area (Å²) in [5, 5.41) is 4.56. The van der Waals surface area contributed by atoms with E-state index in [4.69, 9.17) is 4.74 Å².